The van der Waals surface area contributed by atoms with Crippen molar-refractivity contribution in [2.45, 2.75) is 12.6 Å². The van der Waals surface area contributed by atoms with Gasteiger partial charge in [-0.2, -0.15) is 13.2 Å². The molecule has 5 nitrogen and oxygen atoms in total. The van der Waals surface area contributed by atoms with Gasteiger partial charge in [-0.3, -0.25) is 0 Å². The molecule has 1 aromatic carbocycles. The molecule has 19 heavy (non-hydrogen) atoms. The van der Waals surface area contributed by atoms with Crippen LogP contribution in [0.2, 0.25) is 0 Å². The molecule has 0 aromatic heterocycles. The zero-order valence-corrected chi connectivity index (χ0v) is 9.49. The van der Waals surface area contributed by atoms with Gasteiger partial charge in [0.1, 0.15) is 11.3 Å². The van der Waals surface area contributed by atoms with Crippen molar-refractivity contribution < 1.29 is 37.3 Å². The lowest BCUT2D eigenvalue weighted by molar-refractivity contribution is -0.139. The molecule has 0 spiro atoms. The second-order valence-electron chi connectivity index (χ2n) is 3.72. The summed E-state index contributed by atoms with van der Waals surface area (Å²) >= 11 is 0. The summed E-state index contributed by atoms with van der Waals surface area (Å²) in [7, 11) is 0. The van der Waals surface area contributed by atoms with Crippen LogP contribution in [0.5, 0.6) is 17.2 Å². The van der Waals surface area contributed by atoms with Gasteiger partial charge in [-0.15, -0.1) is 0 Å². The number of alkyl halides is 3. The molecule has 1 aliphatic heterocycles. The third-order valence-corrected chi connectivity index (χ3v) is 2.35. The number of benzene rings is 1. The lowest BCUT2D eigenvalue weighted by atomic mass is 10.2. The molecule has 8 heteroatoms. The standard InChI is InChI=1S/C11H9F3O5/c12-11(13,14)1-2-17-7-4-9-8(18-5-19-9)3-6(7)10(15)16/h3-4H,1-2,5H2,(H,15,16). The van der Waals surface area contributed by atoms with E-state index >= 15 is 0 Å². The number of halogens is 3. The summed E-state index contributed by atoms with van der Waals surface area (Å²) < 4.78 is 50.8. The lowest BCUT2D eigenvalue weighted by Gasteiger charge is -2.11. The Morgan fingerprint density at radius 3 is 2.53 bits per heavy atom. The topological polar surface area (TPSA) is 65.0 Å². The zero-order chi connectivity index (χ0) is 14.0. The molecule has 2 rings (SSSR count). The first-order chi connectivity index (χ1) is 8.87. The minimum absolute atomic E-state index is 0.0691. The quantitative estimate of drug-likeness (QED) is 0.916. The van der Waals surface area contributed by atoms with Crippen LogP contribution in [0.3, 0.4) is 0 Å². The number of aromatic carboxylic acids is 1. The van der Waals surface area contributed by atoms with Crippen LogP contribution in [0, 0.1) is 0 Å². The Hall–Kier alpha value is -2.12. The number of fused-ring (bicyclic) bond motifs is 1. The van der Waals surface area contributed by atoms with E-state index in [4.69, 9.17) is 19.3 Å². The fourth-order valence-corrected chi connectivity index (χ4v) is 1.49. The SMILES string of the molecule is O=C(O)c1cc2c(cc1OCCC(F)(F)F)OCO2. The number of carboxylic acid groups (broad SMARTS) is 1. The van der Waals surface area contributed by atoms with E-state index in [1.165, 1.54) is 6.07 Å². The Kier molecular flexibility index (Phi) is 3.41. The lowest BCUT2D eigenvalue weighted by Crippen LogP contribution is -2.14. The Morgan fingerprint density at radius 2 is 1.95 bits per heavy atom. The van der Waals surface area contributed by atoms with Crippen LogP contribution >= 0.6 is 0 Å². The van der Waals surface area contributed by atoms with Gasteiger partial charge in [-0.1, -0.05) is 0 Å². The zero-order valence-electron chi connectivity index (χ0n) is 9.49. The molecule has 0 bridgehead atoms. The Morgan fingerprint density at radius 1 is 1.32 bits per heavy atom. The van der Waals surface area contributed by atoms with Crippen LogP contribution in [-0.4, -0.2) is 30.7 Å². The number of rotatable bonds is 4. The van der Waals surface area contributed by atoms with Gasteiger partial charge in [-0.05, 0) is 0 Å². The third kappa shape index (κ3) is 3.21. The van der Waals surface area contributed by atoms with Gasteiger partial charge in [0.05, 0.1) is 13.0 Å². The molecule has 0 fully saturated rings. The van der Waals surface area contributed by atoms with E-state index in [2.05, 4.69) is 0 Å². The number of hydrogen-bond acceptors (Lipinski definition) is 4. The largest absolute Gasteiger partial charge is 0.492 e. The van der Waals surface area contributed by atoms with Crippen molar-refractivity contribution in [3.63, 3.8) is 0 Å². The molecule has 0 unspecified atom stereocenters. The maximum absolute atomic E-state index is 12.0. The molecule has 0 saturated carbocycles. The van der Waals surface area contributed by atoms with Crippen molar-refractivity contribution in [2.75, 3.05) is 13.4 Å². The molecular formula is C11H9F3O5. The highest BCUT2D eigenvalue weighted by atomic mass is 19.4. The van der Waals surface area contributed by atoms with E-state index in [0.29, 0.717) is 0 Å². The fourth-order valence-electron chi connectivity index (χ4n) is 1.49. The highest BCUT2D eigenvalue weighted by Gasteiger charge is 2.28. The molecule has 1 aliphatic rings. The van der Waals surface area contributed by atoms with E-state index < -0.39 is 25.2 Å². The second kappa shape index (κ2) is 4.87. The van der Waals surface area contributed by atoms with Gasteiger partial charge in [0, 0.05) is 12.1 Å². The Bertz CT molecular complexity index is 498. The molecule has 0 atom stereocenters. The smallest absolute Gasteiger partial charge is 0.392 e. The normalized spacial score (nSPS) is 13.4. The van der Waals surface area contributed by atoms with Gasteiger partial charge in [0.25, 0.3) is 0 Å². The predicted molar refractivity (Wildman–Crippen MR) is 55.7 cm³/mol. The first kappa shape index (κ1) is 13.3. The van der Waals surface area contributed by atoms with Crippen LogP contribution < -0.4 is 14.2 Å². The Balaban J connectivity index is 2.16. The van der Waals surface area contributed by atoms with Crippen LogP contribution in [0.4, 0.5) is 13.2 Å². The summed E-state index contributed by atoms with van der Waals surface area (Å²) in [4.78, 5) is 11.0. The van der Waals surface area contributed by atoms with Crippen LogP contribution in [0.1, 0.15) is 16.8 Å². The summed E-state index contributed by atoms with van der Waals surface area (Å²) in [5.41, 5.74) is -0.272. The van der Waals surface area contributed by atoms with Crippen molar-refractivity contribution in [3.05, 3.63) is 17.7 Å². The monoisotopic (exact) mass is 278 g/mol. The number of carboxylic acids is 1. The molecule has 1 heterocycles. The molecule has 0 saturated heterocycles. The summed E-state index contributed by atoms with van der Waals surface area (Å²) in [6, 6.07) is 2.37. The average Bonchev–Trinajstić information content (AvgIpc) is 2.72. The molecule has 0 radical (unpaired) electrons. The van der Waals surface area contributed by atoms with Gasteiger partial charge >= 0.3 is 12.1 Å². The van der Waals surface area contributed by atoms with Crippen LogP contribution in [-0.2, 0) is 0 Å². The summed E-state index contributed by atoms with van der Waals surface area (Å²) in [5, 5.41) is 8.96. The molecule has 0 aliphatic carbocycles. The summed E-state index contributed by atoms with van der Waals surface area (Å²) in [6.45, 7) is -0.732. The van der Waals surface area contributed by atoms with Crippen LogP contribution in [0.15, 0.2) is 12.1 Å². The van der Waals surface area contributed by atoms with E-state index in [9.17, 15) is 18.0 Å². The van der Waals surface area contributed by atoms with E-state index in [0.717, 1.165) is 6.07 Å². The van der Waals surface area contributed by atoms with Gasteiger partial charge in [-0.25, -0.2) is 4.79 Å². The van der Waals surface area contributed by atoms with Crippen molar-refractivity contribution in [2.24, 2.45) is 0 Å². The summed E-state index contributed by atoms with van der Waals surface area (Å²) in [6.07, 6.45) is -5.53. The first-order valence-corrected chi connectivity index (χ1v) is 5.23. The highest BCUT2D eigenvalue weighted by molar-refractivity contribution is 5.92. The van der Waals surface area contributed by atoms with Crippen molar-refractivity contribution in [1.82, 2.24) is 0 Å². The minimum atomic E-state index is -4.36. The highest BCUT2D eigenvalue weighted by Crippen LogP contribution is 2.38. The maximum atomic E-state index is 12.0. The maximum Gasteiger partial charge on any atom is 0.392 e. The van der Waals surface area contributed by atoms with E-state index in [-0.39, 0.29) is 29.6 Å². The minimum Gasteiger partial charge on any atom is -0.492 e. The molecule has 1 aromatic rings. The fraction of sp³-hybridized carbons (Fsp3) is 0.364. The summed E-state index contributed by atoms with van der Waals surface area (Å²) in [5.74, 6) is -1.03. The van der Waals surface area contributed by atoms with E-state index in [1.54, 1.807) is 0 Å². The number of hydrogen-bond donors (Lipinski definition) is 1. The molecular weight excluding hydrogens is 269 g/mol. The molecule has 104 valence electrons. The van der Waals surface area contributed by atoms with Crippen LogP contribution in [0.25, 0.3) is 0 Å². The van der Waals surface area contributed by atoms with Crippen molar-refractivity contribution >= 4 is 5.97 Å². The van der Waals surface area contributed by atoms with Gasteiger partial charge in [0.15, 0.2) is 11.5 Å². The average molecular weight is 278 g/mol. The van der Waals surface area contributed by atoms with Crippen molar-refractivity contribution in [1.29, 1.82) is 0 Å². The third-order valence-electron chi connectivity index (χ3n) is 2.35. The number of ether oxygens (including phenoxy) is 3. The predicted octanol–water partition coefficient (Wildman–Crippen LogP) is 2.44. The molecule has 0 amide bonds. The number of carbonyl (C=O) groups is 1. The Labute approximate surface area is 105 Å². The van der Waals surface area contributed by atoms with Gasteiger partial charge in [0.2, 0.25) is 6.79 Å². The second-order valence-corrected chi connectivity index (χ2v) is 3.72. The first-order valence-electron chi connectivity index (χ1n) is 5.23. The van der Waals surface area contributed by atoms with E-state index in [1.807, 2.05) is 0 Å². The van der Waals surface area contributed by atoms with Crippen molar-refractivity contribution in [3.8, 4) is 17.2 Å². The van der Waals surface area contributed by atoms with Gasteiger partial charge < -0.3 is 19.3 Å². The molecule has 1 N–H and O–H groups in total.